The Kier molecular flexibility index (Phi) is 5.60. The maximum atomic E-state index is 10.9. The zero-order valence-corrected chi connectivity index (χ0v) is 12.5. The highest BCUT2D eigenvalue weighted by Gasteiger charge is 2.27. The number of esters is 1. The van der Waals surface area contributed by atoms with Gasteiger partial charge in [-0.2, -0.15) is 0 Å². The van der Waals surface area contributed by atoms with E-state index < -0.39 is 0 Å². The Hall–Kier alpha value is -1.35. The number of ether oxygens (including phenoxy) is 1. The molecule has 0 saturated carbocycles. The molecule has 1 aliphatic rings. The van der Waals surface area contributed by atoms with E-state index in [0.29, 0.717) is 18.4 Å². The van der Waals surface area contributed by atoms with Crippen LogP contribution in [-0.4, -0.2) is 37.6 Å². The summed E-state index contributed by atoms with van der Waals surface area (Å²) in [7, 11) is 2.19. The summed E-state index contributed by atoms with van der Waals surface area (Å²) in [5, 5.41) is 0. The molecular weight excluding hydrogens is 250 g/mol. The van der Waals surface area contributed by atoms with E-state index in [1.54, 1.807) is 0 Å². The van der Waals surface area contributed by atoms with Crippen LogP contribution in [0.1, 0.15) is 25.3 Å². The van der Waals surface area contributed by atoms with E-state index in [-0.39, 0.29) is 5.97 Å². The number of benzene rings is 1. The van der Waals surface area contributed by atoms with Gasteiger partial charge in [-0.3, -0.25) is 4.79 Å². The van der Waals surface area contributed by atoms with Gasteiger partial charge in [0.2, 0.25) is 0 Å². The van der Waals surface area contributed by atoms with Crippen molar-refractivity contribution >= 4 is 5.97 Å². The average Bonchev–Trinajstić information content (AvgIpc) is 2.42. The van der Waals surface area contributed by atoms with Gasteiger partial charge in [0.15, 0.2) is 0 Å². The van der Waals surface area contributed by atoms with Crippen LogP contribution in [0.15, 0.2) is 30.3 Å². The lowest BCUT2D eigenvalue weighted by molar-refractivity contribution is -0.141. The van der Waals surface area contributed by atoms with Gasteiger partial charge in [-0.15, -0.1) is 0 Å². The number of nitrogens with zero attached hydrogens (tertiary/aromatic N) is 1. The molecule has 1 fully saturated rings. The van der Waals surface area contributed by atoms with Gasteiger partial charge in [0, 0.05) is 13.5 Å². The molecular formula is C17H25NO2. The van der Waals surface area contributed by atoms with E-state index in [9.17, 15) is 4.79 Å². The van der Waals surface area contributed by atoms with Crippen LogP contribution in [0.5, 0.6) is 0 Å². The SMILES string of the molecule is CC(=O)OCCC1CCN(C)CC1Cc1ccccc1. The molecule has 1 heterocycles. The molecule has 2 unspecified atom stereocenters. The van der Waals surface area contributed by atoms with E-state index in [1.807, 2.05) is 0 Å². The summed E-state index contributed by atoms with van der Waals surface area (Å²) in [6.45, 7) is 4.33. The second-order valence-electron chi connectivity index (χ2n) is 5.89. The third kappa shape index (κ3) is 4.64. The number of carbonyl (C=O) groups excluding carboxylic acids is 1. The van der Waals surface area contributed by atoms with Gasteiger partial charge in [-0.05, 0) is 50.3 Å². The summed E-state index contributed by atoms with van der Waals surface area (Å²) in [6, 6.07) is 10.7. The maximum absolute atomic E-state index is 10.9. The topological polar surface area (TPSA) is 29.5 Å². The van der Waals surface area contributed by atoms with E-state index in [0.717, 1.165) is 25.9 Å². The molecule has 2 atom stereocenters. The van der Waals surface area contributed by atoms with Crippen molar-refractivity contribution in [1.29, 1.82) is 0 Å². The number of rotatable bonds is 5. The minimum Gasteiger partial charge on any atom is -0.466 e. The third-order valence-electron chi connectivity index (χ3n) is 4.23. The Morgan fingerprint density at radius 1 is 1.30 bits per heavy atom. The highest BCUT2D eigenvalue weighted by molar-refractivity contribution is 5.65. The monoisotopic (exact) mass is 275 g/mol. The van der Waals surface area contributed by atoms with E-state index in [4.69, 9.17) is 4.74 Å². The lowest BCUT2D eigenvalue weighted by Gasteiger charge is -2.37. The molecule has 2 rings (SSSR count). The highest BCUT2D eigenvalue weighted by Crippen LogP contribution is 2.28. The van der Waals surface area contributed by atoms with Crippen LogP contribution in [0.2, 0.25) is 0 Å². The van der Waals surface area contributed by atoms with E-state index in [1.165, 1.54) is 18.9 Å². The van der Waals surface area contributed by atoms with Crippen molar-refractivity contribution in [2.24, 2.45) is 11.8 Å². The van der Waals surface area contributed by atoms with Crippen LogP contribution in [0, 0.1) is 11.8 Å². The molecule has 0 bridgehead atoms. The fraction of sp³-hybridized carbons (Fsp3) is 0.588. The first-order valence-corrected chi connectivity index (χ1v) is 7.51. The van der Waals surface area contributed by atoms with Crippen LogP contribution < -0.4 is 0 Å². The minimum absolute atomic E-state index is 0.169. The van der Waals surface area contributed by atoms with Crippen molar-refractivity contribution in [3.05, 3.63) is 35.9 Å². The Morgan fingerprint density at radius 3 is 2.75 bits per heavy atom. The molecule has 1 saturated heterocycles. The van der Waals surface area contributed by atoms with Gasteiger partial charge in [-0.1, -0.05) is 30.3 Å². The molecule has 0 spiro atoms. The zero-order chi connectivity index (χ0) is 14.4. The van der Waals surface area contributed by atoms with E-state index >= 15 is 0 Å². The Labute approximate surface area is 121 Å². The van der Waals surface area contributed by atoms with Gasteiger partial charge in [0.05, 0.1) is 6.61 Å². The predicted molar refractivity (Wildman–Crippen MR) is 80.5 cm³/mol. The molecule has 0 aromatic heterocycles. The Balaban J connectivity index is 1.92. The standard InChI is InChI=1S/C17H25NO2/c1-14(19)20-11-9-16-8-10-18(2)13-17(16)12-15-6-4-3-5-7-15/h3-7,16-17H,8-13H2,1-2H3. The first-order chi connectivity index (χ1) is 9.65. The molecule has 1 aromatic carbocycles. The van der Waals surface area contributed by atoms with Crippen molar-refractivity contribution in [2.45, 2.75) is 26.2 Å². The van der Waals surface area contributed by atoms with Crippen LogP contribution in [0.4, 0.5) is 0 Å². The number of hydrogen-bond acceptors (Lipinski definition) is 3. The minimum atomic E-state index is -0.169. The Morgan fingerprint density at radius 2 is 2.05 bits per heavy atom. The molecule has 0 amide bonds. The van der Waals surface area contributed by atoms with Crippen LogP contribution in [0.25, 0.3) is 0 Å². The molecule has 110 valence electrons. The van der Waals surface area contributed by atoms with Crippen LogP contribution in [0.3, 0.4) is 0 Å². The summed E-state index contributed by atoms with van der Waals surface area (Å²) < 4.78 is 5.12. The summed E-state index contributed by atoms with van der Waals surface area (Å²) in [5.74, 6) is 1.15. The summed E-state index contributed by atoms with van der Waals surface area (Å²) in [6.07, 6.45) is 3.32. The van der Waals surface area contributed by atoms with Gasteiger partial charge < -0.3 is 9.64 Å². The summed E-state index contributed by atoms with van der Waals surface area (Å²) in [4.78, 5) is 13.3. The average molecular weight is 275 g/mol. The van der Waals surface area contributed by atoms with Crippen LogP contribution >= 0.6 is 0 Å². The fourth-order valence-electron chi connectivity index (χ4n) is 3.14. The highest BCUT2D eigenvalue weighted by atomic mass is 16.5. The fourth-order valence-corrected chi connectivity index (χ4v) is 3.14. The van der Waals surface area contributed by atoms with Crippen molar-refractivity contribution in [1.82, 2.24) is 4.90 Å². The molecule has 0 radical (unpaired) electrons. The molecule has 0 aliphatic carbocycles. The summed E-state index contributed by atoms with van der Waals surface area (Å²) >= 11 is 0. The lowest BCUT2D eigenvalue weighted by Crippen LogP contribution is -2.39. The van der Waals surface area contributed by atoms with Gasteiger partial charge in [0.1, 0.15) is 0 Å². The molecule has 1 aliphatic heterocycles. The van der Waals surface area contributed by atoms with Gasteiger partial charge in [-0.25, -0.2) is 0 Å². The lowest BCUT2D eigenvalue weighted by atomic mass is 9.80. The molecule has 3 heteroatoms. The van der Waals surface area contributed by atoms with Crippen molar-refractivity contribution in [3.8, 4) is 0 Å². The zero-order valence-electron chi connectivity index (χ0n) is 12.5. The predicted octanol–water partition coefficient (Wildman–Crippen LogP) is 2.75. The quantitative estimate of drug-likeness (QED) is 0.774. The smallest absolute Gasteiger partial charge is 0.302 e. The maximum Gasteiger partial charge on any atom is 0.302 e. The van der Waals surface area contributed by atoms with Gasteiger partial charge in [0.25, 0.3) is 0 Å². The van der Waals surface area contributed by atoms with Crippen molar-refractivity contribution in [2.75, 3.05) is 26.7 Å². The first kappa shape index (κ1) is 15.0. The summed E-state index contributed by atoms with van der Waals surface area (Å²) in [5.41, 5.74) is 1.41. The molecule has 20 heavy (non-hydrogen) atoms. The number of piperidine rings is 1. The number of likely N-dealkylation sites (tertiary alicyclic amines) is 1. The normalized spacial score (nSPS) is 23.5. The van der Waals surface area contributed by atoms with Gasteiger partial charge >= 0.3 is 5.97 Å². The largest absolute Gasteiger partial charge is 0.466 e. The number of carbonyl (C=O) groups is 1. The molecule has 1 aromatic rings. The number of hydrogen-bond donors (Lipinski definition) is 0. The Bertz CT molecular complexity index is 418. The van der Waals surface area contributed by atoms with Crippen molar-refractivity contribution in [3.63, 3.8) is 0 Å². The first-order valence-electron chi connectivity index (χ1n) is 7.51. The van der Waals surface area contributed by atoms with E-state index in [2.05, 4.69) is 42.3 Å². The van der Waals surface area contributed by atoms with Crippen LogP contribution in [-0.2, 0) is 16.0 Å². The molecule has 3 nitrogen and oxygen atoms in total. The molecule has 0 N–H and O–H groups in total. The third-order valence-corrected chi connectivity index (χ3v) is 4.23. The second kappa shape index (κ2) is 7.44. The second-order valence-corrected chi connectivity index (χ2v) is 5.89. The van der Waals surface area contributed by atoms with Crippen molar-refractivity contribution < 1.29 is 9.53 Å².